The molecule has 4 aliphatic carbocycles. The number of anilines is 1. The first-order valence-electron chi connectivity index (χ1n) is 7.91. The fourth-order valence-corrected chi connectivity index (χ4v) is 5.19. The number of aromatic nitrogens is 1. The number of nitrogens with one attached hydrogen (secondary N) is 1. The number of hydrogen-bond acceptors (Lipinski definition) is 3. The van der Waals surface area contributed by atoms with Gasteiger partial charge in [0, 0.05) is 6.20 Å². The lowest BCUT2D eigenvalue weighted by Crippen LogP contribution is -2.52. The van der Waals surface area contributed by atoms with Crippen molar-refractivity contribution in [1.82, 2.24) is 4.98 Å². The molecule has 4 saturated carbocycles. The monoisotopic (exact) mass is 284 g/mol. The van der Waals surface area contributed by atoms with Crippen LogP contribution in [0.15, 0.2) is 29.2 Å². The number of hydrogen-bond donors (Lipinski definition) is 1. The second-order valence-electron chi connectivity index (χ2n) is 7.20. The van der Waals surface area contributed by atoms with E-state index in [9.17, 15) is 9.59 Å². The van der Waals surface area contributed by atoms with Crippen molar-refractivity contribution in [2.45, 2.75) is 38.5 Å². The lowest BCUT2D eigenvalue weighted by atomic mass is 9.49. The molecule has 1 N–H and O–H groups in total. The summed E-state index contributed by atoms with van der Waals surface area (Å²) in [4.78, 5) is 28.5. The molecule has 1 aromatic rings. The quantitative estimate of drug-likeness (QED) is 0.908. The fourth-order valence-electron chi connectivity index (χ4n) is 5.19. The van der Waals surface area contributed by atoms with Crippen molar-refractivity contribution in [3.8, 4) is 0 Å². The van der Waals surface area contributed by atoms with Crippen molar-refractivity contribution >= 4 is 11.6 Å². The maximum Gasteiger partial charge on any atom is 0.293 e. The second-order valence-corrected chi connectivity index (χ2v) is 7.20. The lowest BCUT2D eigenvalue weighted by molar-refractivity contribution is -0.140. The number of carbonyl (C=O) groups is 1. The van der Waals surface area contributed by atoms with Crippen LogP contribution in [0, 0.1) is 23.2 Å². The van der Waals surface area contributed by atoms with Crippen LogP contribution in [0.3, 0.4) is 0 Å². The van der Waals surface area contributed by atoms with E-state index in [-0.39, 0.29) is 16.9 Å². The minimum Gasteiger partial charge on any atom is -0.321 e. The van der Waals surface area contributed by atoms with Crippen molar-refractivity contribution in [3.05, 3.63) is 34.7 Å². The lowest BCUT2D eigenvalue weighted by Gasteiger charge is -2.55. The number of nitrogens with zero attached hydrogens (tertiary/aromatic N) is 1. The van der Waals surface area contributed by atoms with E-state index in [1.807, 2.05) is 0 Å². The van der Waals surface area contributed by atoms with Gasteiger partial charge in [0.25, 0.3) is 5.56 Å². The molecule has 1 aromatic heterocycles. The Morgan fingerprint density at radius 1 is 1.10 bits per heavy atom. The molecule has 0 radical (unpaired) electrons. The highest BCUT2D eigenvalue weighted by atomic mass is 16.2. The van der Waals surface area contributed by atoms with Gasteiger partial charge in [0.15, 0.2) is 0 Å². The first kappa shape index (κ1) is 13.0. The average Bonchev–Trinajstić information content (AvgIpc) is 2.62. The van der Waals surface area contributed by atoms with Crippen LogP contribution in [0.4, 0.5) is 5.69 Å². The third-order valence-electron chi connectivity index (χ3n) is 5.65. The van der Waals surface area contributed by atoms with Crippen molar-refractivity contribution in [2.75, 3.05) is 5.32 Å². The van der Waals surface area contributed by atoms with Crippen molar-refractivity contribution in [2.24, 2.45) is 23.2 Å². The highest BCUT2D eigenvalue weighted by Gasteiger charge is 2.54. The Balaban J connectivity index is 1.61. The zero-order valence-electron chi connectivity index (χ0n) is 12.0. The zero-order chi connectivity index (χ0) is 14.4. The molecule has 1 amide bonds. The van der Waals surface area contributed by atoms with Gasteiger partial charge in [-0.25, -0.2) is 4.98 Å². The number of rotatable bonds is 2. The molecule has 0 aliphatic heterocycles. The van der Waals surface area contributed by atoms with Crippen molar-refractivity contribution in [1.29, 1.82) is 0 Å². The topological polar surface area (TPSA) is 59.1 Å². The van der Waals surface area contributed by atoms with Gasteiger partial charge in [-0.2, -0.15) is 0 Å². The third-order valence-corrected chi connectivity index (χ3v) is 5.65. The van der Waals surface area contributed by atoms with Crippen LogP contribution in [0.25, 0.3) is 0 Å². The maximum atomic E-state index is 12.8. The molecule has 0 unspecified atom stereocenters. The summed E-state index contributed by atoms with van der Waals surface area (Å²) in [6.07, 6.45) is 8.40. The van der Waals surface area contributed by atoms with Gasteiger partial charge in [0.1, 0.15) is 5.69 Å². The molecular formula is C17H20N2O2. The summed E-state index contributed by atoms with van der Waals surface area (Å²) >= 11 is 0. The van der Waals surface area contributed by atoms with Crippen LogP contribution in [0.5, 0.6) is 0 Å². The van der Waals surface area contributed by atoms with Crippen molar-refractivity contribution < 1.29 is 4.79 Å². The summed E-state index contributed by atoms with van der Waals surface area (Å²) in [6.45, 7) is 0. The van der Waals surface area contributed by atoms with Crippen LogP contribution in [0.2, 0.25) is 0 Å². The Hall–Kier alpha value is -1.71. The molecule has 0 aromatic carbocycles. The summed E-state index contributed by atoms with van der Waals surface area (Å²) in [5.41, 5.74) is -0.283. The fraction of sp³-hybridized carbons (Fsp3) is 0.588. The van der Waals surface area contributed by atoms with E-state index in [4.69, 9.17) is 0 Å². The molecule has 4 heteroatoms. The molecule has 4 nitrogen and oxygen atoms in total. The molecule has 110 valence electrons. The molecule has 0 atom stereocenters. The Morgan fingerprint density at radius 3 is 2.33 bits per heavy atom. The predicted octanol–water partition coefficient (Wildman–Crippen LogP) is 2.60. The Kier molecular flexibility index (Phi) is 2.88. The summed E-state index contributed by atoms with van der Waals surface area (Å²) < 4.78 is 0. The average molecular weight is 284 g/mol. The molecule has 4 bridgehead atoms. The highest BCUT2D eigenvalue weighted by molar-refractivity contribution is 5.95. The third kappa shape index (κ3) is 2.17. The second kappa shape index (κ2) is 4.65. The normalized spacial score (nSPS) is 36.5. The van der Waals surface area contributed by atoms with Crippen LogP contribution < -0.4 is 10.9 Å². The Bertz CT molecular complexity index is 605. The van der Waals surface area contributed by atoms with Gasteiger partial charge in [0.05, 0.1) is 5.41 Å². The van der Waals surface area contributed by atoms with E-state index in [0.717, 1.165) is 37.0 Å². The minimum absolute atomic E-state index is 0.0479. The van der Waals surface area contributed by atoms with Gasteiger partial charge in [-0.05, 0) is 68.4 Å². The standard InChI is InChI=1S/C17H20N2O2/c20-15-14(3-1-2-4-18-15)19-16(21)17-8-11-5-12(9-17)7-13(6-11)10-17/h1-4,11-13H,5-10H2,(H,18,19,20,21). The Morgan fingerprint density at radius 2 is 1.71 bits per heavy atom. The molecule has 0 saturated heterocycles. The van der Waals surface area contributed by atoms with Gasteiger partial charge < -0.3 is 5.32 Å². The SMILES string of the molecule is O=C(Nc1ccccnc1=O)C12CC3CC(CC(C3)C1)C2. The summed E-state index contributed by atoms with van der Waals surface area (Å²) in [5.74, 6) is 2.21. The van der Waals surface area contributed by atoms with E-state index < -0.39 is 0 Å². The minimum atomic E-state index is -0.363. The summed E-state index contributed by atoms with van der Waals surface area (Å²) in [6, 6.07) is 5.08. The summed E-state index contributed by atoms with van der Waals surface area (Å²) in [7, 11) is 0. The van der Waals surface area contributed by atoms with Gasteiger partial charge in [-0.1, -0.05) is 6.07 Å². The molecule has 4 aliphatic rings. The van der Waals surface area contributed by atoms with Gasteiger partial charge in [-0.3, -0.25) is 9.59 Å². The largest absolute Gasteiger partial charge is 0.321 e. The predicted molar refractivity (Wildman–Crippen MR) is 79.7 cm³/mol. The molecular weight excluding hydrogens is 264 g/mol. The van der Waals surface area contributed by atoms with Crippen LogP contribution in [0.1, 0.15) is 38.5 Å². The van der Waals surface area contributed by atoms with Crippen molar-refractivity contribution in [3.63, 3.8) is 0 Å². The van der Waals surface area contributed by atoms with E-state index >= 15 is 0 Å². The molecule has 4 fully saturated rings. The van der Waals surface area contributed by atoms with Crippen LogP contribution >= 0.6 is 0 Å². The number of carbonyl (C=O) groups excluding carboxylic acids is 1. The van der Waals surface area contributed by atoms with Gasteiger partial charge in [0.2, 0.25) is 5.91 Å². The molecule has 5 rings (SSSR count). The summed E-state index contributed by atoms with van der Waals surface area (Å²) in [5, 5.41) is 2.87. The van der Waals surface area contributed by atoms with E-state index in [0.29, 0.717) is 5.69 Å². The molecule has 1 heterocycles. The van der Waals surface area contributed by atoms with Crippen LogP contribution in [-0.2, 0) is 4.79 Å². The van der Waals surface area contributed by atoms with Gasteiger partial charge >= 0.3 is 0 Å². The maximum absolute atomic E-state index is 12.8. The highest BCUT2D eigenvalue weighted by Crippen LogP contribution is 2.60. The molecule has 21 heavy (non-hydrogen) atoms. The van der Waals surface area contributed by atoms with E-state index in [1.54, 1.807) is 18.2 Å². The number of amides is 1. The first-order valence-corrected chi connectivity index (χ1v) is 7.91. The van der Waals surface area contributed by atoms with E-state index in [2.05, 4.69) is 10.3 Å². The first-order chi connectivity index (χ1) is 10.1. The zero-order valence-corrected chi connectivity index (χ0v) is 12.0. The van der Waals surface area contributed by atoms with Gasteiger partial charge in [-0.15, -0.1) is 0 Å². The Labute approximate surface area is 124 Å². The molecule has 0 spiro atoms. The smallest absolute Gasteiger partial charge is 0.293 e. The van der Waals surface area contributed by atoms with Crippen LogP contribution in [-0.4, -0.2) is 10.9 Å². The van der Waals surface area contributed by atoms with E-state index in [1.165, 1.54) is 25.5 Å².